The highest BCUT2D eigenvalue weighted by molar-refractivity contribution is 7.79. The maximum atomic E-state index is 11.3. The SMILES string of the molecule is CC(C)(C)C(=O)OCOC(=O)NCCC(O)S(=O)O. The first-order chi connectivity index (χ1) is 8.64. The first kappa shape index (κ1) is 17.8. The van der Waals surface area contributed by atoms with Gasteiger partial charge in [-0.1, -0.05) is 0 Å². The molecule has 0 rings (SSSR count). The van der Waals surface area contributed by atoms with Gasteiger partial charge in [0.1, 0.15) is 0 Å². The monoisotopic (exact) mass is 297 g/mol. The van der Waals surface area contributed by atoms with Crippen molar-refractivity contribution >= 4 is 23.1 Å². The lowest BCUT2D eigenvalue weighted by Crippen LogP contribution is -2.31. The minimum atomic E-state index is -2.35. The molecule has 8 nitrogen and oxygen atoms in total. The summed E-state index contributed by atoms with van der Waals surface area (Å²) in [6, 6.07) is 0. The zero-order valence-electron chi connectivity index (χ0n) is 11.0. The van der Waals surface area contributed by atoms with Crippen LogP contribution in [0.5, 0.6) is 0 Å². The second-order valence-corrected chi connectivity index (χ2v) is 5.77. The standard InChI is InChI=1S/C10H19NO7S/c1-10(2,3)8(13)17-6-18-9(14)11-5-4-7(12)19(15)16/h7,12H,4-6H2,1-3H3,(H,11,14)(H,15,16). The summed E-state index contributed by atoms with van der Waals surface area (Å²) in [6.07, 6.45) is -0.947. The van der Waals surface area contributed by atoms with Crippen LogP contribution >= 0.6 is 0 Å². The van der Waals surface area contributed by atoms with E-state index in [-0.39, 0.29) is 13.0 Å². The molecule has 0 aromatic carbocycles. The number of aliphatic hydroxyl groups is 1. The van der Waals surface area contributed by atoms with Crippen LogP contribution in [0, 0.1) is 5.41 Å². The van der Waals surface area contributed by atoms with Gasteiger partial charge in [-0.25, -0.2) is 9.00 Å². The Labute approximate surface area is 113 Å². The van der Waals surface area contributed by atoms with Crippen molar-refractivity contribution in [3.8, 4) is 0 Å². The highest BCUT2D eigenvalue weighted by Crippen LogP contribution is 2.14. The van der Waals surface area contributed by atoms with Crippen molar-refractivity contribution < 1.29 is 32.9 Å². The van der Waals surface area contributed by atoms with Crippen LogP contribution in [-0.2, 0) is 25.3 Å². The molecule has 2 atom stereocenters. The Morgan fingerprint density at radius 1 is 1.32 bits per heavy atom. The Morgan fingerprint density at radius 3 is 2.37 bits per heavy atom. The third-order valence-corrected chi connectivity index (χ3v) is 2.59. The molecule has 0 saturated carbocycles. The van der Waals surface area contributed by atoms with Gasteiger partial charge >= 0.3 is 12.1 Å². The lowest BCUT2D eigenvalue weighted by atomic mass is 9.98. The lowest BCUT2D eigenvalue weighted by molar-refractivity contribution is -0.161. The topological polar surface area (TPSA) is 122 Å². The van der Waals surface area contributed by atoms with Gasteiger partial charge in [-0.2, -0.15) is 0 Å². The van der Waals surface area contributed by atoms with Crippen LogP contribution in [0.15, 0.2) is 0 Å². The van der Waals surface area contributed by atoms with Gasteiger partial charge in [0.25, 0.3) is 0 Å². The Hall–Kier alpha value is -1.19. The molecule has 112 valence electrons. The van der Waals surface area contributed by atoms with E-state index in [0.717, 1.165) is 0 Å². The summed E-state index contributed by atoms with van der Waals surface area (Å²) >= 11 is -2.35. The zero-order chi connectivity index (χ0) is 15.1. The van der Waals surface area contributed by atoms with Gasteiger partial charge in [0.2, 0.25) is 6.79 Å². The number of esters is 1. The van der Waals surface area contributed by atoms with E-state index in [1.165, 1.54) is 0 Å². The van der Waals surface area contributed by atoms with E-state index in [1.807, 2.05) is 0 Å². The van der Waals surface area contributed by atoms with E-state index in [2.05, 4.69) is 14.8 Å². The van der Waals surface area contributed by atoms with Gasteiger partial charge < -0.3 is 24.4 Å². The molecule has 3 N–H and O–H groups in total. The Balaban J connectivity index is 3.72. The van der Waals surface area contributed by atoms with Gasteiger partial charge in [-0.3, -0.25) is 4.79 Å². The van der Waals surface area contributed by atoms with Crippen LogP contribution in [0.4, 0.5) is 4.79 Å². The van der Waals surface area contributed by atoms with Crippen LogP contribution in [0.25, 0.3) is 0 Å². The van der Waals surface area contributed by atoms with E-state index in [1.54, 1.807) is 20.8 Å². The van der Waals surface area contributed by atoms with Crippen LogP contribution in [0.2, 0.25) is 0 Å². The average molecular weight is 297 g/mol. The second kappa shape index (κ2) is 8.08. The molecule has 9 heteroatoms. The van der Waals surface area contributed by atoms with Crippen molar-refractivity contribution in [3.63, 3.8) is 0 Å². The van der Waals surface area contributed by atoms with Crippen molar-refractivity contribution in [2.24, 2.45) is 5.41 Å². The van der Waals surface area contributed by atoms with E-state index in [9.17, 15) is 13.8 Å². The maximum absolute atomic E-state index is 11.3. The van der Waals surface area contributed by atoms with Crippen molar-refractivity contribution in [3.05, 3.63) is 0 Å². The molecule has 0 fully saturated rings. The molecule has 0 spiro atoms. The average Bonchev–Trinajstić information content (AvgIpc) is 2.27. The number of aliphatic hydroxyl groups excluding tert-OH is 1. The fourth-order valence-corrected chi connectivity index (χ4v) is 1.12. The van der Waals surface area contributed by atoms with E-state index in [0.29, 0.717) is 0 Å². The number of carbonyl (C=O) groups excluding carboxylic acids is 2. The van der Waals surface area contributed by atoms with Crippen LogP contribution in [0.1, 0.15) is 27.2 Å². The van der Waals surface area contributed by atoms with Gasteiger partial charge in [0.05, 0.1) is 5.41 Å². The number of ether oxygens (including phenoxy) is 2. The number of alkyl carbamates (subject to hydrolysis) is 1. The molecular formula is C10H19NO7S. The van der Waals surface area contributed by atoms with E-state index < -0.39 is 40.8 Å². The molecular weight excluding hydrogens is 278 g/mol. The van der Waals surface area contributed by atoms with E-state index >= 15 is 0 Å². The normalized spacial score (nSPS) is 14.4. The number of nitrogens with one attached hydrogen (secondary N) is 1. The van der Waals surface area contributed by atoms with Gasteiger partial charge in [-0.15, -0.1) is 0 Å². The Morgan fingerprint density at radius 2 is 1.89 bits per heavy atom. The number of carbonyl (C=O) groups is 2. The molecule has 0 aromatic heterocycles. The summed E-state index contributed by atoms with van der Waals surface area (Å²) in [5.41, 5.74) is -2.12. The minimum Gasteiger partial charge on any atom is -0.427 e. The van der Waals surface area contributed by atoms with Crippen LogP contribution in [0.3, 0.4) is 0 Å². The highest BCUT2D eigenvalue weighted by atomic mass is 32.2. The number of hydrogen-bond acceptors (Lipinski definition) is 6. The first-order valence-electron chi connectivity index (χ1n) is 5.50. The molecule has 0 bridgehead atoms. The lowest BCUT2D eigenvalue weighted by Gasteiger charge is -2.16. The molecule has 0 aromatic rings. The molecule has 0 heterocycles. The number of rotatable bonds is 6. The third-order valence-electron chi connectivity index (χ3n) is 1.89. The third kappa shape index (κ3) is 8.51. The fraction of sp³-hybridized carbons (Fsp3) is 0.800. The van der Waals surface area contributed by atoms with Crippen molar-refractivity contribution in [2.75, 3.05) is 13.3 Å². The number of hydrogen-bond donors (Lipinski definition) is 3. The fourth-order valence-electron chi connectivity index (χ4n) is 0.803. The van der Waals surface area contributed by atoms with Gasteiger partial charge in [-0.05, 0) is 20.8 Å². The first-order valence-corrected chi connectivity index (χ1v) is 6.67. The molecule has 1 amide bonds. The van der Waals surface area contributed by atoms with Crippen LogP contribution < -0.4 is 5.32 Å². The molecule has 0 saturated heterocycles. The van der Waals surface area contributed by atoms with Gasteiger partial charge in [0.15, 0.2) is 16.5 Å². The predicted molar refractivity (Wildman–Crippen MR) is 66.3 cm³/mol. The molecule has 0 aliphatic heterocycles. The maximum Gasteiger partial charge on any atom is 0.410 e. The van der Waals surface area contributed by atoms with Crippen molar-refractivity contribution in [2.45, 2.75) is 32.6 Å². The minimum absolute atomic E-state index is 0.0421. The quantitative estimate of drug-likeness (QED) is 0.363. The summed E-state index contributed by atoms with van der Waals surface area (Å²) in [5.74, 6) is -0.508. The largest absolute Gasteiger partial charge is 0.427 e. The van der Waals surface area contributed by atoms with Crippen molar-refractivity contribution in [1.29, 1.82) is 0 Å². The molecule has 2 unspecified atom stereocenters. The summed E-state index contributed by atoms with van der Waals surface area (Å²) in [6.45, 7) is 4.42. The second-order valence-electron chi connectivity index (χ2n) is 4.68. The zero-order valence-corrected chi connectivity index (χ0v) is 11.9. The van der Waals surface area contributed by atoms with E-state index in [4.69, 9.17) is 9.66 Å². The molecule has 0 aliphatic carbocycles. The highest BCUT2D eigenvalue weighted by Gasteiger charge is 2.23. The Bertz CT molecular complexity index is 339. The smallest absolute Gasteiger partial charge is 0.410 e. The Kier molecular flexibility index (Phi) is 7.57. The predicted octanol–water partition coefficient (Wildman–Crippen LogP) is 0.190. The molecule has 0 radical (unpaired) electrons. The summed E-state index contributed by atoms with van der Waals surface area (Å²) in [4.78, 5) is 22.4. The van der Waals surface area contributed by atoms with Crippen molar-refractivity contribution in [1.82, 2.24) is 5.32 Å². The summed E-state index contributed by atoms with van der Waals surface area (Å²) in [5, 5.41) is 11.2. The van der Waals surface area contributed by atoms with Crippen LogP contribution in [-0.4, -0.2) is 44.7 Å². The summed E-state index contributed by atoms with van der Waals surface area (Å²) in [7, 11) is 0. The number of amides is 1. The molecule has 0 aliphatic rings. The van der Waals surface area contributed by atoms with Gasteiger partial charge in [0, 0.05) is 13.0 Å². The molecule has 19 heavy (non-hydrogen) atoms. The summed E-state index contributed by atoms with van der Waals surface area (Å²) < 4.78 is 28.1.